The fourth-order valence-corrected chi connectivity index (χ4v) is 1.20. The zero-order chi connectivity index (χ0) is 12.0. The average molecular weight is 221 g/mol. The highest BCUT2D eigenvalue weighted by Crippen LogP contribution is 2.12. The standard InChI is InChI=1S/C12H15NO3/c1-9-4-3-5-11(8-9)16-12(15)6-7-13-10(2)14/h3-5,8H,6-7H2,1-2H3,(H,13,14). The third-order valence-corrected chi connectivity index (χ3v) is 1.92. The van der Waals surface area contributed by atoms with Crippen LogP contribution < -0.4 is 10.1 Å². The minimum absolute atomic E-state index is 0.150. The zero-order valence-corrected chi connectivity index (χ0v) is 9.45. The smallest absolute Gasteiger partial charge is 0.312 e. The lowest BCUT2D eigenvalue weighted by Gasteiger charge is -2.05. The maximum Gasteiger partial charge on any atom is 0.312 e. The SMILES string of the molecule is CC(=O)NCCC(=O)Oc1cccc(C)c1. The van der Waals surface area contributed by atoms with Crippen molar-refractivity contribution in [2.24, 2.45) is 0 Å². The highest BCUT2D eigenvalue weighted by Gasteiger charge is 2.04. The molecule has 0 fully saturated rings. The van der Waals surface area contributed by atoms with E-state index >= 15 is 0 Å². The quantitative estimate of drug-likeness (QED) is 0.618. The molecule has 1 amide bonds. The Bertz CT molecular complexity index is 388. The van der Waals surface area contributed by atoms with Gasteiger partial charge in [-0.2, -0.15) is 0 Å². The molecule has 86 valence electrons. The van der Waals surface area contributed by atoms with Crippen LogP contribution in [0.15, 0.2) is 24.3 Å². The van der Waals surface area contributed by atoms with Gasteiger partial charge < -0.3 is 10.1 Å². The molecule has 1 aromatic carbocycles. The topological polar surface area (TPSA) is 55.4 Å². The van der Waals surface area contributed by atoms with Gasteiger partial charge in [-0.05, 0) is 24.6 Å². The summed E-state index contributed by atoms with van der Waals surface area (Å²) in [5.74, 6) is 0.0375. The summed E-state index contributed by atoms with van der Waals surface area (Å²) < 4.78 is 5.09. The Balaban J connectivity index is 2.37. The maximum absolute atomic E-state index is 11.3. The maximum atomic E-state index is 11.3. The molecule has 0 saturated carbocycles. The van der Waals surface area contributed by atoms with Gasteiger partial charge in [0.1, 0.15) is 5.75 Å². The van der Waals surface area contributed by atoms with Crippen molar-refractivity contribution in [3.05, 3.63) is 29.8 Å². The molecule has 0 heterocycles. The summed E-state index contributed by atoms with van der Waals surface area (Å²) in [6, 6.07) is 7.26. The molecule has 4 nitrogen and oxygen atoms in total. The predicted molar refractivity (Wildman–Crippen MR) is 60.1 cm³/mol. The Hall–Kier alpha value is -1.84. The van der Waals surface area contributed by atoms with Gasteiger partial charge in [0.05, 0.1) is 6.42 Å². The lowest BCUT2D eigenvalue weighted by Crippen LogP contribution is -2.24. The second kappa shape index (κ2) is 5.90. The Labute approximate surface area is 94.6 Å². The molecule has 16 heavy (non-hydrogen) atoms. The van der Waals surface area contributed by atoms with E-state index in [2.05, 4.69) is 5.32 Å². The van der Waals surface area contributed by atoms with E-state index in [1.807, 2.05) is 19.1 Å². The third-order valence-electron chi connectivity index (χ3n) is 1.92. The van der Waals surface area contributed by atoms with Crippen molar-refractivity contribution in [2.75, 3.05) is 6.54 Å². The second-order valence-electron chi connectivity index (χ2n) is 3.52. The second-order valence-corrected chi connectivity index (χ2v) is 3.52. The zero-order valence-electron chi connectivity index (χ0n) is 9.45. The van der Waals surface area contributed by atoms with E-state index in [0.717, 1.165) is 5.56 Å². The molecule has 0 aliphatic heterocycles. The third kappa shape index (κ3) is 4.59. The van der Waals surface area contributed by atoms with Crippen LogP contribution in [-0.2, 0) is 9.59 Å². The van der Waals surface area contributed by atoms with Crippen LogP contribution in [0.2, 0.25) is 0 Å². The number of amides is 1. The number of benzene rings is 1. The van der Waals surface area contributed by atoms with Crippen molar-refractivity contribution in [1.82, 2.24) is 5.32 Å². The molecular weight excluding hydrogens is 206 g/mol. The lowest BCUT2D eigenvalue weighted by atomic mass is 10.2. The molecule has 0 spiro atoms. The largest absolute Gasteiger partial charge is 0.426 e. The van der Waals surface area contributed by atoms with Crippen molar-refractivity contribution < 1.29 is 14.3 Å². The molecular formula is C12H15NO3. The van der Waals surface area contributed by atoms with Gasteiger partial charge >= 0.3 is 5.97 Å². The summed E-state index contributed by atoms with van der Waals surface area (Å²) in [5.41, 5.74) is 1.03. The van der Waals surface area contributed by atoms with E-state index in [-0.39, 0.29) is 18.3 Å². The molecule has 0 unspecified atom stereocenters. The van der Waals surface area contributed by atoms with Gasteiger partial charge in [-0.1, -0.05) is 12.1 Å². The Kier molecular flexibility index (Phi) is 4.51. The summed E-state index contributed by atoms with van der Waals surface area (Å²) in [6.45, 7) is 3.64. The van der Waals surface area contributed by atoms with Crippen molar-refractivity contribution in [2.45, 2.75) is 20.3 Å². The van der Waals surface area contributed by atoms with Gasteiger partial charge in [0.25, 0.3) is 0 Å². The molecule has 0 bridgehead atoms. The molecule has 4 heteroatoms. The minimum Gasteiger partial charge on any atom is -0.426 e. The molecule has 0 aliphatic carbocycles. The number of aryl methyl sites for hydroxylation is 1. The first-order valence-corrected chi connectivity index (χ1v) is 5.09. The normalized spacial score (nSPS) is 9.62. The van der Waals surface area contributed by atoms with E-state index in [0.29, 0.717) is 12.3 Å². The van der Waals surface area contributed by atoms with E-state index < -0.39 is 0 Å². The van der Waals surface area contributed by atoms with Gasteiger partial charge in [-0.15, -0.1) is 0 Å². The number of esters is 1. The van der Waals surface area contributed by atoms with Crippen LogP contribution >= 0.6 is 0 Å². The summed E-state index contributed by atoms with van der Waals surface area (Å²) in [6.07, 6.45) is 0.174. The number of ether oxygens (including phenoxy) is 1. The Morgan fingerprint density at radius 1 is 1.38 bits per heavy atom. The van der Waals surface area contributed by atoms with Crippen molar-refractivity contribution >= 4 is 11.9 Å². The van der Waals surface area contributed by atoms with Crippen LogP contribution in [0.4, 0.5) is 0 Å². The van der Waals surface area contributed by atoms with Crippen LogP contribution in [0.25, 0.3) is 0 Å². The first-order valence-electron chi connectivity index (χ1n) is 5.09. The number of carbonyl (C=O) groups excluding carboxylic acids is 2. The first-order chi connectivity index (χ1) is 7.58. The molecule has 0 atom stereocenters. The molecule has 0 aromatic heterocycles. The van der Waals surface area contributed by atoms with Crippen LogP contribution in [0.5, 0.6) is 5.75 Å². The highest BCUT2D eigenvalue weighted by atomic mass is 16.5. The van der Waals surface area contributed by atoms with E-state index in [4.69, 9.17) is 4.74 Å². The van der Waals surface area contributed by atoms with Gasteiger partial charge in [0.2, 0.25) is 5.91 Å². The Morgan fingerprint density at radius 3 is 2.75 bits per heavy atom. The average Bonchev–Trinajstić information content (AvgIpc) is 2.16. The summed E-state index contributed by atoms with van der Waals surface area (Å²) in [4.78, 5) is 21.9. The number of hydrogen-bond donors (Lipinski definition) is 1. The molecule has 0 saturated heterocycles. The molecule has 0 aliphatic rings. The van der Waals surface area contributed by atoms with Gasteiger partial charge in [-0.25, -0.2) is 0 Å². The van der Waals surface area contributed by atoms with Gasteiger partial charge in [0.15, 0.2) is 0 Å². The number of rotatable bonds is 4. The van der Waals surface area contributed by atoms with E-state index in [9.17, 15) is 9.59 Å². The number of nitrogens with one attached hydrogen (secondary N) is 1. The van der Waals surface area contributed by atoms with Gasteiger partial charge in [-0.3, -0.25) is 9.59 Å². The first kappa shape index (κ1) is 12.2. The van der Waals surface area contributed by atoms with Crippen molar-refractivity contribution in [3.8, 4) is 5.75 Å². The minimum atomic E-state index is -0.348. The van der Waals surface area contributed by atoms with Crippen LogP contribution in [-0.4, -0.2) is 18.4 Å². The molecule has 1 N–H and O–H groups in total. The van der Waals surface area contributed by atoms with Gasteiger partial charge in [0, 0.05) is 13.5 Å². The summed E-state index contributed by atoms with van der Waals surface area (Å²) >= 11 is 0. The molecule has 1 aromatic rings. The van der Waals surface area contributed by atoms with Crippen LogP contribution in [0, 0.1) is 6.92 Å². The number of hydrogen-bond acceptors (Lipinski definition) is 3. The number of carbonyl (C=O) groups is 2. The highest BCUT2D eigenvalue weighted by molar-refractivity contribution is 5.75. The fourth-order valence-electron chi connectivity index (χ4n) is 1.20. The van der Waals surface area contributed by atoms with Crippen LogP contribution in [0.1, 0.15) is 18.9 Å². The summed E-state index contributed by atoms with van der Waals surface area (Å²) in [5, 5.41) is 2.53. The van der Waals surface area contributed by atoms with E-state index in [1.54, 1.807) is 12.1 Å². The molecule has 1 rings (SSSR count). The van der Waals surface area contributed by atoms with Crippen molar-refractivity contribution in [1.29, 1.82) is 0 Å². The fraction of sp³-hybridized carbons (Fsp3) is 0.333. The van der Waals surface area contributed by atoms with Crippen molar-refractivity contribution in [3.63, 3.8) is 0 Å². The lowest BCUT2D eigenvalue weighted by molar-refractivity contribution is -0.134. The summed E-state index contributed by atoms with van der Waals surface area (Å²) in [7, 11) is 0. The van der Waals surface area contributed by atoms with Crippen LogP contribution in [0.3, 0.4) is 0 Å². The molecule has 0 radical (unpaired) electrons. The Morgan fingerprint density at radius 2 is 2.12 bits per heavy atom. The predicted octanol–water partition coefficient (Wildman–Crippen LogP) is 1.43. The van der Waals surface area contributed by atoms with E-state index in [1.165, 1.54) is 6.92 Å². The monoisotopic (exact) mass is 221 g/mol.